The summed E-state index contributed by atoms with van der Waals surface area (Å²) in [6.07, 6.45) is 24.3. The Morgan fingerprint density at radius 1 is 0.688 bits per heavy atom. The molecule has 0 heterocycles. The Morgan fingerprint density at radius 3 is 1.73 bits per heavy atom. The van der Waals surface area contributed by atoms with Crippen molar-refractivity contribution in [2.45, 2.75) is 156 Å². The van der Waals surface area contributed by atoms with Crippen molar-refractivity contribution in [1.82, 2.24) is 0 Å². The SMILES string of the molecule is CCCCCCN(CCCCCC)c1ccc(C2C(=O)C(=C3C=CC(=[N+](CCCCCC)CCCCCC)C=C3C)C(=O)C2O)c(C)c1. The van der Waals surface area contributed by atoms with Crippen molar-refractivity contribution in [2.75, 3.05) is 31.1 Å². The maximum atomic E-state index is 14.0. The van der Waals surface area contributed by atoms with Crippen LogP contribution in [0.25, 0.3) is 0 Å². The van der Waals surface area contributed by atoms with Crippen LogP contribution in [0.5, 0.6) is 0 Å². The minimum Gasteiger partial charge on any atom is -0.384 e. The van der Waals surface area contributed by atoms with Gasteiger partial charge in [0.05, 0.1) is 11.5 Å². The fourth-order valence-electron chi connectivity index (χ4n) is 7.28. The van der Waals surface area contributed by atoms with Gasteiger partial charge < -0.3 is 10.0 Å². The number of unbranched alkanes of at least 4 members (excludes halogenated alkanes) is 12. The van der Waals surface area contributed by atoms with Gasteiger partial charge in [-0.1, -0.05) is 98.0 Å². The van der Waals surface area contributed by atoms with E-state index >= 15 is 0 Å². The van der Waals surface area contributed by atoms with Gasteiger partial charge in [-0.2, -0.15) is 0 Å². The first-order chi connectivity index (χ1) is 23.3. The van der Waals surface area contributed by atoms with E-state index in [1.807, 2.05) is 26.0 Å². The lowest BCUT2D eigenvalue weighted by atomic mass is 9.89. The van der Waals surface area contributed by atoms with E-state index in [9.17, 15) is 14.7 Å². The number of carbonyl (C=O) groups is 2. The quantitative estimate of drug-likeness (QED) is 0.0583. The lowest BCUT2D eigenvalue weighted by Crippen LogP contribution is -2.26. The van der Waals surface area contributed by atoms with Gasteiger partial charge >= 0.3 is 0 Å². The standard InChI is InChI=1S/C43H67N2O3/c1-7-11-15-19-27-44(28-20-16-12-8-2)35-23-25-37(33(5)31-35)39-41(46)40(43(48)42(39)47)38-26-24-36(32-34(38)6)45(29-21-17-13-9-3)30-22-18-14-10-4/h23-26,31-32,39,42,47H,7-22,27-30H2,1-6H3/q+1. The smallest absolute Gasteiger partial charge is 0.200 e. The van der Waals surface area contributed by atoms with Gasteiger partial charge in [0.15, 0.2) is 17.3 Å². The molecule has 0 amide bonds. The number of aliphatic hydroxyl groups excluding tert-OH is 1. The highest BCUT2D eigenvalue weighted by atomic mass is 16.3. The number of carbonyl (C=O) groups excluding carboxylic acids is 2. The molecule has 1 saturated carbocycles. The lowest BCUT2D eigenvalue weighted by Gasteiger charge is -2.26. The van der Waals surface area contributed by atoms with Gasteiger partial charge in [-0.25, -0.2) is 4.58 Å². The van der Waals surface area contributed by atoms with E-state index in [0.29, 0.717) is 5.57 Å². The number of anilines is 1. The second-order valence-corrected chi connectivity index (χ2v) is 14.3. The van der Waals surface area contributed by atoms with Gasteiger partial charge in [-0.05, 0) is 80.0 Å². The number of hydrogen-bond donors (Lipinski definition) is 1. The predicted octanol–water partition coefficient (Wildman–Crippen LogP) is 9.99. The van der Waals surface area contributed by atoms with Gasteiger partial charge in [0, 0.05) is 43.8 Å². The summed E-state index contributed by atoms with van der Waals surface area (Å²) < 4.78 is 2.48. The third kappa shape index (κ3) is 11.1. The van der Waals surface area contributed by atoms with Crippen molar-refractivity contribution in [1.29, 1.82) is 0 Å². The molecule has 5 heteroatoms. The normalized spacial score (nSPS) is 19.4. The molecule has 2 aliphatic rings. The molecule has 3 rings (SSSR count). The molecule has 0 aromatic heterocycles. The number of hydrogen-bond acceptors (Lipinski definition) is 4. The van der Waals surface area contributed by atoms with Gasteiger partial charge in [-0.3, -0.25) is 9.59 Å². The van der Waals surface area contributed by atoms with Gasteiger partial charge in [0.2, 0.25) is 0 Å². The van der Waals surface area contributed by atoms with E-state index in [-0.39, 0.29) is 11.4 Å². The monoisotopic (exact) mass is 660 g/mol. The molecule has 0 spiro atoms. The molecular weight excluding hydrogens is 592 g/mol. The molecule has 1 fully saturated rings. The molecule has 2 atom stereocenters. The number of aryl methyl sites for hydroxylation is 1. The minimum atomic E-state index is -1.36. The van der Waals surface area contributed by atoms with Crippen LogP contribution in [0.3, 0.4) is 0 Å². The fraction of sp³-hybridized carbons (Fsp3) is 0.651. The number of rotatable bonds is 22. The summed E-state index contributed by atoms with van der Waals surface area (Å²) in [6, 6.07) is 6.25. The van der Waals surface area contributed by atoms with Crippen LogP contribution in [-0.2, 0) is 9.59 Å². The highest BCUT2D eigenvalue weighted by Crippen LogP contribution is 2.39. The molecule has 2 aliphatic carbocycles. The Hall–Kier alpha value is -2.79. The van der Waals surface area contributed by atoms with E-state index in [0.717, 1.165) is 61.4 Å². The Bertz CT molecular complexity index is 1290. The molecule has 0 radical (unpaired) electrons. The maximum Gasteiger partial charge on any atom is 0.200 e. The Labute approximate surface area is 293 Å². The molecular formula is C43H67N2O3+. The molecule has 0 saturated heterocycles. The first-order valence-electron chi connectivity index (χ1n) is 19.6. The number of benzene rings is 1. The van der Waals surface area contributed by atoms with Crippen LogP contribution in [-0.4, -0.2) is 59.2 Å². The van der Waals surface area contributed by atoms with Crippen molar-refractivity contribution in [3.8, 4) is 0 Å². The first kappa shape index (κ1) is 39.6. The number of nitrogens with zero attached hydrogens (tertiary/aromatic N) is 2. The van der Waals surface area contributed by atoms with Crippen molar-refractivity contribution in [2.24, 2.45) is 0 Å². The van der Waals surface area contributed by atoms with Gasteiger partial charge in [0.25, 0.3) is 0 Å². The molecule has 48 heavy (non-hydrogen) atoms. The van der Waals surface area contributed by atoms with E-state index in [4.69, 9.17) is 0 Å². The average Bonchev–Trinajstić information content (AvgIpc) is 3.29. The van der Waals surface area contributed by atoms with Crippen LogP contribution in [0.1, 0.15) is 154 Å². The third-order valence-electron chi connectivity index (χ3n) is 10.3. The topological polar surface area (TPSA) is 60.6 Å². The van der Waals surface area contributed by atoms with Gasteiger partial charge in [-0.15, -0.1) is 0 Å². The van der Waals surface area contributed by atoms with E-state index < -0.39 is 17.8 Å². The van der Waals surface area contributed by atoms with Crippen LogP contribution >= 0.6 is 0 Å². The molecule has 1 N–H and O–H groups in total. The van der Waals surface area contributed by atoms with E-state index in [2.05, 4.69) is 61.5 Å². The summed E-state index contributed by atoms with van der Waals surface area (Å²) >= 11 is 0. The second kappa shape index (κ2) is 21.3. The second-order valence-electron chi connectivity index (χ2n) is 14.3. The van der Waals surface area contributed by atoms with Crippen LogP contribution in [0.2, 0.25) is 0 Å². The lowest BCUT2D eigenvalue weighted by molar-refractivity contribution is -0.527. The van der Waals surface area contributed by atoms with Crippen molar-refractivity contribution < 1.29 is 19.3 Å². The predicted molar refractivity (Wildman–Crippen MR) is 204 cm³/mol. The summed E-state index contributed by atoms with van der Waals surface area (Å²) in [7, 11) is 0. The third-order valence-corrected chi connectivity index (χ3v) is 10.3. The highest BCUT2D eigenvalue weighted by Gasteiger charge is 2.47. The Balaban J connectivity index is 1.86. The van der Waals surface area contributed by atoms with Crippen LogP contribution in [0.4, 0.5) is 5.69 Å². The molecule has 1 aromatic carbocycles. The van der Waals surface area contributed by atoms with Crippen LogP contribution in [0.15, 0.2) is 53.1 Å². The fourth-order valence-corrected chi connectivity index (χ4v) is 7.28. The Kier molecular flexibility index (Phi) is 17.6. The molecule has 0 aliphatic heterocycles. The highest BCUT2D eigenvalue weighted by molar-refractivity contribution is 6.31. The summed E-state index contributed by atoms with van der Waals surface area (Å²) in [6.45, 7) is 17.1. The summed E-state index contributed by atoms with van der Waals surface area (Å²) in [4.78, 5) is 30.1. The summed E-state index contributed by atoms with van der Waals surface area (Å²) in [5.74, 6) is -1.57. The average molecular weight is 660 g/mol. The summed E-state index contributed by atoms with van der Waals surface area (Å²) in [5, 5.41) is 11.3. The van der Waals surface area contributed by atoms with E-state index in [1.54, 1.807) is 0 Å². The number of allylic oxidation sites excluding steroid dienone is 5. The number of Topliss-reactive ketones (excluding diaryl/α,β-unsaturated/α-hetero) is 2. The molecule has 2 unspecified atom stereocenters. The zero-order chi connectivity index (χ0) is 34.9. The van der Waals surface area contributed by atoms with Crippen molar-refractivity contribution >= 4 is 23.0 Å². The van der Waals surface area contributed by atoms with Crippen LogP contribution < -0.4 is 4.90 Å². The maximum absolute atomic E-state index is 14.0. The number of ketones is 2. The van der Waals surface area contributed by atoms with Gasteiger partial charge in [0.1, 0.15) is 19.2 Å². The molecule has 0 bridgehead atoms. The zero-order valence-electron chi connectivity index (χ0n) is 31.4. The Morgan fingerprint density at radius 2 is 1.23 bits per heavy atom. The minimum absolute atomic E-state index is 0.158. The van der Waals surface area contributed by atoms with E-state index in [1.165, 1.54) is 95.6 Å². The number of aliphatic hydroxyl groups is 1. The molecule has 266 valence electrons. The van der Waals surface area contributed by atoms with Crippen molar-refractivity contribution in [3.63, 3.8) is 0 Å². The first-order valence-corrected chi connectivity index (χ1v) is 19.6. The zero-order valence-corrected chi connectivity index (χ0v) is 31.4. The summed E-state index contributed by atoms with van der Waals surface area (Å²) in [5.41, 5.74) is 5.77. The molecule has 5 nitrogen and oxygen atoms in total. The molecule has 1 aromatic rings. The largest absolute Gasteiger partial charge is 0.384 e. The van der Waals surface area contributed by atoms with Crippen LogP contribution in [0, 0.1) is 6.92 Å². The van der Waals surface area contributed by atoms with Crippen molar-refractivity contribution in [3.05, 3.63) is 64.3 Å².